The van der Waals surface area contributed by atoms with E-state index >= 15 is 0 Å². The average molecular weight is 260 g/mol. The van der Waals surface area contributed by atoms with Crippen molar-refractivity contribution in [2.45, 2.75) is 38.8 Å². The lowest BCUT2D eigenvalue weighted by Crippen LogP contribution is -2.41. The van der Waals surface area contributed by atoms with Crippen LogP contribution in [0.3, 0.4) is 0 Å². The summed E-state index contributed by atoms with van der Waals surface area (Å²) in [7, 11) is 0. The van der Waals surface area contributed by atoms with Crippen LogP contribution >= 0.6 is 0 Å². The highest BCUT2D eigenvalue weighted by Crippen LogP contribution is 2.02. The molecule has 2 N–H and O–H groups in total. The van der Waals surface area contributed by atoms with Gasteiger partial charge in [-0.05, 0) is 27.2 Å². The van der Waals surface area contributed by atoms with Crippen molar-refractivity contribution in [1.82, 2.24) is 5.32 Å². The Balaban J connectivity index is 4.19. The van der Waals surface area contributed by atoms with Gasteiger partial charge in [-0.1, -0.05) is 0 Å². The lowest BCUT2D eigenvalue weighted by atomic mass is 10.1. The van der Waals surface area contributed by atoms with Crippen molar-refractivity contribution in [2.24, 2.45) is 0 Å². The molecule has 0 fully saturated rings. The van der Waals surface area contributed by atoms with Gasteiger partial charge < -0.3 is 19.9 Å². The van der Waals surface area contributed by atoms with Crippen LogP contribution in [0.15, 0.2) is 0 Å². The number of aliphatic hydroxyl groups is 1. The van der Waals surface area contributed by atoms with Gasteiger partial charge in [-0.3, -0.25) is 9.59 Å². The van der Waals surface area contributed by atoms with E-state index in [-0.39, 0.29) is 32.0 Å². The minimum Gasteiger partial charge on any atom is -0.466 e. The maximum Gasteiger partial charge on any atom is 0.323 e. The molecule has 0 aliphatic carbocycles. The second kappa shape index (κ2) is 9.85. The van der Waals surface area contributed by atoms with E-state index in [1.807, 2.05) is 0 Å². The van der Waals surface area contributed by atoms with Crippen LogP contribution in [-0.4, -0.2) is 48.9 Å². The molecular formula is C12H22NO5. The van der Waals surface area contributed by atoms with Gasteiger partial charge in [0.1, 0.15) is 6.04 Å². The van der Waals surface area contributed by atoms with Gasteiger partial charge in [-0.15, -0.1) is 0 Å². The molecule has 18 heavy (non-hydrogen) atoms. The van der Waals surface area contributed by atoms with Crippen molar-refractivity contribution in [2.75, 3.05) is 19.8 Å². The Labute approximate surface area is 108 Å². The molecule has 0 aromatic rings. The number of ether oxygens (including phenoxy) is 2. The lowest BCUT2D eigenvalue weighted by molar-refractivity contribution is -0.147. The second-order valence-corrected chi connectivity index (χ2v) is 3.71. The fraction of sp³-hybridized carbons (Fsp3) is 0.750. The topological polar surface area (TPSA) is 84.9 Å². The van der Waals surface area contributed by atoms with E-state index in [9.17, 15) is 9.59 Å². The van der Waals surface area contributed by atoms with Crippen LogP contribution in [0.1, 0.15) is 26.7 Å². The molecule has 6 heteroatoms. The third-order valence-corrected chi connectivity index (χ3v) is 2.11. The Morgan fingerprint density at radius 3 is 2.39 bits per heavy atom. The van der Waals surface area contributed by atoms with Crippen molar-refractivity contribution in [3.05, 3.63) is 6.92 Å². The first kappa shape index (κ1) is 16.9. The Hall–Kier alpha value is -1.14. The number of hydrogen-bond acceptors (Lipinski definition) is 6. The molecule has 0 saturated carbocycles. The minimum absolute atomic E-state index is 0.123. The van der Waals surface area contributed by atoms with E-state index in [2.05, 4.69) is 12.2 Å². The molecule has 0 rings (SSSR count). The molecule has 0 bridgehead atoms. The summed E-state index contributed by atoms with van der Waals surface area (Å²) in [4.78, 5) is 22.8. The molecule has 6 nitrogen and oxygen atoms in total. The van der Waals surface area contributed by atoms with Crippen LogP contribution in [0.2, 0.25) is 0 Å². The summed E-state index contributed by atoms with van der Waals surface area (Å²) in [6.07, 6.45) is -0.424. The van der Waals surface area contributed by atoms with Crippen LogP contribution in [0.5, 0.6) is 0 Å². The zero-order valence-electron chi connectivity index (χ0n) is 11.0. The summed E-state index contributed by atoms with van der Waals surface area (Å²) < 4.78 is 9.65. The number of nitrogens with one attached hydrogen (secondary N) is 1. The smallest absolute Gasteiger partial charge is 0.323 e. The van der Waals surface area contributed by atoms with Crippen molar-refractivity contribution >= 4 is 11.9 Å². The van der Waals surface area contributed by atoms with E-state index in [1.54, 1.807) is 13.8 Å². The molecule has 0 aliphatic rings. The number of aliphatic hydroxyl groups excluding tert-OH is 1. The molecule has 0 spiro atoms. The summed E-state index contributed by atoms with van der Waals surface area (Å²) in [5.74, 6) is -0.800. The van der Waals surface area contributed by atoms with Gasteiger partial charge in [0.15, 0.2) is 0 Å². The maximum absolute atomic E-state index is 11.6. The van der Waals surface area contributed by atoms with Gasteiger partial charge in [0, 0.05) is 13.0 Å². The van der Waals surface area contributed by atoms with Crippen LogP contribution < -0.4 is 5.32 Å². The lowest BCUT2D eigenvalue weighted by Gasteiger charge is -2.17. The predicted molar refractivity (Wildman–Crippen MR) is 65.7 cm³/mol. The average Bonchev–Trinajstić information content (AvgIpc) is 2.29. The monoisotopic (exact) mass is 260 g/mol. The molecule has 0 amide bonds. The standard InChI is InChI=1S/C12H22NO5/c1-4-17-11(15)7-6-10(12(16)18-5-2)13-8-9(3)14/h9-10,13-14H,3-8H2,1-2H3. The number of rotatable bonds is 9. The summed E-state index contributed by atoms with van der Waals surface area (Å²) in [5.41, 5.74) is 0. The molecule has 2 unspecified atom stereocenters. The molecule has 0 aliphatic heterocycles. The fourth-order valence-corrected chi connectivity index (χ4v) is 1.32. The normalized spacial score (nSPS) is 13.8. The highest BCUT2D eigenvalue weighted by Gasteiger charge is 2.21. The van der Waals surface area contributed by atoms with E-state index in [1.165, 1.54) is 0 Å². The van der Waals surface area contributed by atoms with E-state index < -0.39 is 18.1 Å². The van der Waals surface area contributed by atoms with Crippen molar-refractivity contribution < 1.29 is 24.2 Å². The van der Waals surface area contributed by atoms with Gasteiger partial charge in [0.2, 0.25) is 0 Å². The van der Waals surface area contributed by atoms with Crippen LogP contribution in [0.4, 0.5) is 0 Å². The molecule has 1 radical (unpaired) electrons. The number of hydrogen-bond donors (Lipinski definition) is 2. The number of carbonyl (C=O) groups excluding carboxylic acids is 2. The first-order chi connectivity index (χ1) is 8.51. The first-order valence-corrected chi connectivity index (χ1v) is 6.08. The molecule has 0 aromatic heterocycles. The van der Waals surface area contributed by atoms with Gasteiger partial charge in [-0.25, -0.2) is 0 Å². The number of esters is 2. The highest BCUT2D eigenvalue weighted by atomic mass is 16.5. The zero-order chi connectivity index (χ0) is 14.0. The largest absolute Gasteiger partial charge is 0.466 e. The summed E-state index contributed by atoms with van der Waals surface area (Å²) in [6.45, 7) is 7.55. The van der Waals surface area contributed by atoms with Gasteiger partial charge in [0.05, 0.1) is 19.3 Å². The third-order valence-electron chi connectivity index (χ3n) is 2.11. The van der Waals surface area contributed by atoms with Crippen LogP contribution in [0, 0.1) is 6.92 Å². The minimum atomic E-state index is -0.815. The predicted octanol–water partition coefficient (Wildman–Crippen LogP) is 0.0460. The molecule has 2 atom stereocenters. The Morgan fingerprint density at radius 1 is 1.28 bits per heavy atom. The molecule has 105 valence electrons. The second-order valence-electron chi connectivity index (χ2n) is 3.71. The summed E-state index contributed by atoms with van der Waals surface area (Å²) >= 11 is 0. The first-order valence-electron chi connectivity index (χ1n) is 6.08. The molecular weight excluding hydrogens is 238 g/mol. The molecule has 0 aromatic carbocycles. The van der Waals surface area contributed by atoms with Gasteiger partial charge >= 0.3 is 11.9 Å². The quantitative estimate of drug-likeness (QED) is 0.570. The Bertz CT molecular complexity index is 255. The fourth-order valence-electron chi connectivity index (χ4n) is 1.32. The SMILES string of the molecule is [CH2]C(O)CNC(CCC(=O)OCC)C(=O)OCC. The Kier molecular flexibility index (Phi) is 9.22. The third kappa shape index (κ3) is 8.03. The van der Waals surface area contributed by atoms with Gasteiger partial charge in [-0.2, -0.15) is 0 Å². The van der Waals surface area contributed by atoms with Crippen molar-refractivity contribution in [3.8, 4) is 0 Å². The van der Waals surface area contributed by atoms with Crippen LogP contribution in [-0.2, 0) is 19.1 Å². The highest BCUT2D eigenvalue weighted by molar-refractivity contribution is 5.77. The molecule has 0 heterocycles. The van der Waals surface area contributed by atoms with E-state index in [0.717, 1.165) is 0 Å². The summed E-state index contributed by atoms with van der Waals surface area (Å²) in [5, 5.41) is 11.9. The summed E-state index contributed by atoms with van der Waals surface area (Å²) in [6, 6.07) is -0.634. The molecule has 0 saturated heterocycles. The Morgan fingerprint density at radius 2 is 1.89 bits per heavy atom. The van der Waals surface area contributed by atoms with Crippen molar-refractivity contribution in [3.63, 3.8) is 0 Å². The number of carbonyl (C=O) groups is 2. The maximum atomic E-state index is 11.6. The van der Waals surface area contributed by atoms with Gasteiger partial charge in [0.25, 0.3) is 0 Å². The zero-order valence-corrected chi connectivity index (χ0v) is 11.0. The van der Waals surface area contributed by atoms with Crippen molar-refractivity contribution in [1.29, 1.82) is 0 Å². The van der Waals surface area contributed by atoms with E-state index in [4.69, 9.17) is 14.6 Å². The van der Waals surface area contributed by atoms with E-state index in [0.29, 0.717) is 6.61 Å². The van der Waals surface area contributed by atoms with Crippen LogP contribution in [0.25, 0.3) is 0 Å².